The largest absolute Gasteiger partial charge is 0.399 e. The van der Waals surface area contributed by atoms with Crippen molar-refractivity contribution < 1.29 is 9.22 Å². The molecular formula is C27H31ClN2O2Si. The monoisotopic (exact) mass is 478 g/mol. The summed E-state index contributed by atoms with van der Waals surface area (Å²) in [5, 5.41) is 9.31. The Balaban J connectivity index is 1.91. The molecule has 33 heavy (non-hydrogen) atoms. The van der Waals surface area contributed by atoms with Crippen LogP contribution in [0.15, 0.2) is 84.9 Å². The maximum absolute atomic E-state index is 11.9. The van der Waals surface area contributed by atoms with Gasteiger partial charge in [0.25, 0.3) is 8.32 Å². The Labute approximate surface area is 202 Å². The highest BCUT2D eigenvalue weighted by molar-refractivity contribution is 6.99. The van der Waals surface area contributed by atoms with Gasteiger partial charge in [0.1, 0.15) is 0 Å². The summed E-state index contributed by atoms with van der Waals surface area (Å²) in [6.07, 6.45) is -0.342. The topological polar surface area (TPSA) is 50.4 Å². The summed E-state index contributed by atoms with van der Waals surface area (Å²) in [5.74, 6) is -0.00499. The van der Waals surface area contributed by atoms with Crippen LogP contribution in [0.2, 0.25) is 10.1 Å². The van der Waals surface area contributed by atoms with Gasteiger partial charge in [-0.05, 0) is 27.0 Å². The maximum Gasteiger partial charge on any atom is 0.261 e. The molecule has 4 rings (SSSR count). The van der Waals surface area contributed by atoms with Crippen molar-refractivity contribution in [2.45, 2.75) is 38.0 Å². The van der Waals surface area contributed by atoms with Gasteiger partial charge in [-0.1, -0.05) is 111 Å². The fourth-order valence-corrected chi connectivity index (χ4v) is 9.68. The third-order valence-electron chi connectivity index (χ3n) is 6.34. The second kappa shape index (κ2) is 9.81. The number of nitrogens with one attached hydrogen (secondary N) is 2. The van der Waals surface area contributed by atoms with E-state index < -0.39 is 8.32 Å². The first-order chi connectivity index (χ1) is 15.8. The Morgan fingerprint density at radius 3 is 1.94 bits per heavy atom. The van der Waals surface area contributed by atoms with Crippen LogP contribution in [0.3, 0.4) is 0 Å². The first-order valence-electron chi connectivity index (χ1n) is 11.4. The van der Waals surface area contributed by atoms with E-state index in [-0.39, 0.29) is 29.6 Å². The number of halogens is 1. The summed E-state index contributed by atoms with van der Waals surface area (Å²) in [6, 6.07) is 28.9. The standard InChI is InChI=1S/C27H31ClN2O2Si/c1-27(2,3)33(20-12-6-4-7-13-20,21-14-8-5-9-15-21)32-26(22-16-10-11-17-23(22)28)24-18-30-25(31)19-29-24/h4-17,24,26,29H,18-19H2,1-3H3,(H,30,31). The number of amides is 1. The summed E-state index contributed by atoms with van der Waals surface area (Å²) >= 11 is 6.72. The molecule has 0 aromatic heterocycles. The van der Waals surface area contributed by atoms with Crippen LogP contribution in [0.4, 0.5) is 0 Å². The number of benzene rings is 3. The van der Waals surface area contributed by atoms with Gasteiger partial charge in [-0.3, -0.25) is 4.79 Å². The molecule has 1 fully saturated rings. The second-order valence-corrected chi connectivity index (χ2v) is 14.2. The van der Waals surface area contributed by atoms with E-state index >= 15 is 0 Å². The van der Waals surface area contributed by atoms with Crippen molar-refractivity contribution in [2.24, 2.45) is 0 Å². The van der Waals surface area contributed by atoms with Gasteiger partial charge in [0, 0.05) is 11.6 Å². The zero-order valence-electron chi connectivity index (χ0n) is 19.3. The average molecular weight is 479 g/mol. The summed E-state index contributed by atoms with van der Waals surface area (Å²) in [4.78, 5) is 11.9. The maximum atomic E-state index is 11.9. The van der Waals surface area contributed by atoms with Gasteiger partial charge < -0.3 is 15.1 Å². The molecule has 1 saturated heterocycles. The SMILES string of the molecule is CC(C)(C)[Si](OC(c1ccccc1Cl)C1CNC(=O)CN1)(c1ccccc1)c1ccccc1. The lowest BCUT2D eigenvalue weighted by atomic mass is 10.0. The van der Waals surface area contributed by atoms with Crippen molar-refractivity contribution in [1.82, 2.24) is 10.6 Å². The molecule has 3 aromatic carbocycles. The zero-order valence-corrected chi connectivity index (χ0v) is 21.1. The molecule has 0 bridgehead atoms. The molecule has 2 N–H and O–H groups in total. The first kappa shape index (κ1) is 23.7. The van der Waals surface area contributed by atoms with Gasteiger partial charge in [0.15, 0.2) is 0 Å². The second-order valence-electron chi connectivity index (χ2n) is 9.51. The number of carbonyl (C=O) groups is 1. The molecule has 0 radical (unpaired) electrons. The van der Waals surface area contributed by atoms with E-state index in [0.717, 1.165) is 5.56 Å². The van der Waals surface area contributed by atoms with Gasteiger partial charge in [-0.25, -0.2) is 0 Å². The molecule has 0 aliphatic carbocycles. The van der Waals surface area contributed by atoms with E-state index in [1.165, 1.54) is 10.4 Å². The van der Waals surface area contributed by atoms with Crippen molar-refractivity contribution in [1.29, 1.82) is 0 Å². The predicted molar refractivity (Wildman–Crippen MR) is 138 cm³/mol. The van der Waals surface area contributed by atoms with Crippen LogP contribution in [-0.2, 0) is 9.22 Å². The Morgan fingerprint density at radius 2 is 1.45 bits per heavy atom. The minimum Gasteiger partial charge on any atom is -0.399 e. The fraction of sp³-hybridized carbons (Fsp3) is 0.296. The minimum atomic E-state index is -2.83. The van der Waals surface area contributed by atoms with Gasteiger partial charge in [0.05, 0.1) is 18.7 Å². The van der Waals surface area contributed by atoms with E-state index in [9.17, 15) is 4.79 Å². The van der Waals surface area contributed by atoms with Gasteiger partial charge in [0.2, 0.25) is 5.91 Å². The highest BCUT2D eigenvalue weighted by Gasteiger charge is 2.52. The molecule has 4 nitrogen and oxygen atoms in total. The van der Waals surface area contributed by atoms with Crippen molar-refractivity contribution in [2.75, 3.05) is 13.1 Å². The van der Waals surface area contributed by atoms with Crippen LogP contribution < -0.4 is 21.0 Å². The third kappa shape index (κ3) is 4.78. The molecule has 2 atom stereocenters. The first-order valence-corrected chi connectivity index (χ1v) is 13.6. The van der Waals surface area contributed by atoms with Crippen molar-refractivity contribution in [3.63, 3.8) is 0 Å². The Hall–Kier alpha value is -2.44. The summed E-state index contributed by atoms with van der Waals surface area (Å²) < 4.78 is 7.46. The highest BCUT2D eigenvalue weighted by Crippen LogP contribution is 2.41. The quantitative estimate of drug-likeness (QED) is 0.525. The molecule has 0 spiro atoms. The Kier molecular flexibility index (Phi) is 7.05. The van der Waals surface area contributed by atoms with Crippen molar-refractivity contribution >= 4 is 36.2 Å². The van der Waals surface area contributed by atoms with Crippen molar-refractivity contribution in [3.05, 3.63) is 95.5 Å². The van der Waals surface area contributed by atoms with Crippen LogP contribution in [0.25, 0.3) is 0 Å². The molecule has 0 saturated carbocycles. The summed E-state index contributed by atoms with van der Waals surface area (Å²) in [5.41, 5.74) is 0.931. The number of carbonyl (C=O) groups excluding carboxylic acids is 1. The fourth-order valence-electron chi connectivity index (χ4n) is 4.75. The molecule has 2 unspecified atom stereocenters. The molecule has 3 aromatic rings. The molecule has 1 heterocycles. The van der Waals surface area contributed by atoms with Gasteiger partial charge in [-0.2, -0.15) is 0 Å². The smallest absolute Gasteiger partial charge is 0.261 e. The Bertz CT molecular complexity index is 1040. The number of hydrogen-bond donors (Lipinski definition) is 2. The van der Waals surface area contributed by atoms with E-state index in [1.54, 1.807) is 0 Å². The molecule has 6 heteroatoms. The lowest BCUT2D eigenvalue weighted by molar-refractivity contribution is -0.122. The number of hydrogen-bond acceptors (Lipinski definition) is 3. The number of rotatable bonds is 6. The molecule has 1 aliphatic rings. The predicted octanol–water partition coefficient (Wildman–Crippen LogP) is 4.05. The average Bonchev–Trinajstić information content (AvgIpc) is 2.82. The normalized spacial score (nSPS) is 17.9. The molecule has 172 valence electrons. The van der Waals surface area contributed by atoms with Crippen LogP contribution >= 0.6 is 11.6 Å². The van der Waals surface area contributed by atoms with Crippen LogP contribution in [0.5, 0.6) is 0 Å². The lowest BCUT2D eigenvalue weighted by Crippen LogP contribution is -2.68. The molecule has 1 aliphatic heterocycles. The van der Waals surface area contributed by atoms with E-state index in [2.05, 4.69) is 79.9 Å². The van der Waals surface area contributed by atoms with Crippen molar-refractivity contribution in [3.8, 4) is 0 Å². The summed E-state index contributed by atoms with van der Waals surface area (Å²) in [6.45, 7) is 7.53. The Morgan fingerprint density at radius 1 is 0.909 bits per heavy atom. The van der Waals surface area contributed by atoms with E-state index in [1.807, 2.05) is 36.4 Å². The van der Waals surface area contributed by atoms with Crippen LogP contribution in [0.1, 0.15) is 32.4 Å². The molecule has 1 amide bonds. The van der Waals surface area contributed by atoms with Crippen LogP contribution in [-0.4, -0.2) is 33.4 Å². The minimum absolute atomic E-state index is 0.00499. The zero-order chi connectivity index (χ0) is 23.5. The van der Waals surface area contributed by atoms with Gasteiger partial charge >= 0.3 is 0 Å². The third-order valence-corrected chi connectivity index (χ3v) is 11.7. The lowest BCUT2D eigenvalue weighted by Gasteiger charge is -2.47. The highest BCUT2D eigenvalue weighted by atomic mass is 35.5. The van der Waals surface area contributed by atoms with E-state index in [4.69, 9.17) is 16.0 Å². The van der Waals surface area contributed by atoms with E-state index in [0.29, 0.717) is 11.6 Å². The van der Waals surface area contributed by atoms with Gasteiger partial charge in [-0.15, -0.1) is 0 Å². The van der Waals surface area contributed by atoms with Crippen LogP contribution in [0, 0.1) is 0 Å². The number of piperazine rings is 1. The molecular weight excluding hydrogens is 448 g/mol. The summed E-state index contributed by atoms with van der Waals surface area (Å²) in [7, 11) is -2.83.